The second-order valence-corrected chi connectivity index (χ2v) is 5.91. The van der Waals surface area contributed by atoms with Crippen LogP contribution in [-0.2, 0) is 9.47 Å². The lowest BCUT2D eigenvalue weighted by molar-refractivity contribution is -0.121. The minimum atomic E-state index is -0.131. The first-order valence-corrected chi connectivity index (χ1v) is 5.61. The maximum atomic E-state index is 5.73. The Kier molecular flexibility index (Phi) is 5.24. The van der Waals surface area contributed by atoms with Crippen molar-refractivity contribution in [1.82, 2.24) is 5.32 Å². The molecule has 92 valence electrons. The zero-order valence-electron chi connectivity index (χ0n) is 11.5. The molecular weight excluding hydrogens is 190 g/mol. The summed E-state index contributed by atoms with van der Waals surface area (Å²) in [6.45, 7) is 16.2. The fourth-order valence-electron chi connectivity index (χ4n) is 1.46. The quantitative estimate of drug-likeness (QED) is 0.734. The summed E-state index contributed by atoms with van der Waals surface area (Å²) in [7, 11) is 0. The Morgan fingerprint density at radius 3 is 1.20 bits per heavy atom. The zero-order chi connectivity index (χ0) is 12.3. The molecule has 2 unspecified atom stereocenters. The van der Waals surface area contributed by atoms with Gasteiger partial charge in [-0.1, -0.05) is 0 Å². The molecule has 0 aliphatic heterocycles. The van der Waals surface area contributed by atoms with E-state index >= 15 is 0 Å². The largest absolute Gasteiger partial charge is 0.358 e. The molecule has 0 spiro atoms. The maximum absolute atomic E-state index is 5.73. The average molecular weight is 217 g/mol. The van der Waals surface area contributed by atoms with Crippen LogP contribution in [0, 0.1) is 0 Å². The summed E-state index contributed by atoms with van der Waals surface area (Å²) in [5, 5.41) is 3.25. The van der Waals surface area contributed by atoms with E-state index in [1.807, 2.05) is 55.4 Å². The van der Waals surface area contributed by atoms with E-state index in [4.69, 9.17) is 9.47 Å². The van der Waals surface area contributed by atoms with Crippen molar-refractivity contribution < 1.29 is 9.47 Å². The third-order valence-electron chi connectivity index (χ3n) is 1.53. The molecule has 0 amide bonds. The molecule has 0 bridgehead atoms. The van der Waals surface area contributed by atoms with Gasteiger partial charge < -0.3 is 9.47 Å². The fraction of sp³-hybridized carbons (Fsp3) is 1.00. The molecule has 1 N–H and O–H groups in total. The molecule has 0 radical (unpaired) electrons. The zero-order valence-corrected chi connectivity index (χ0v) is 11.5. The monoisotopic (exact) mass is 217 g/mol. The summed E-state index contributed by atoms with van der Waals surface area (Å²) in [4.78, 5) is 0. The van der Waals surface area contributed by atoms with Gasteiger partial charge >= 0.3 is 0 Å². The van der Waals surface area contributed by atoms with Crippen molar-refractivity contribution in [3.05, 3.63) is 0 Å². The Morgan fingerprint density at radius 2 is 1.00 bits per heavy atom. The van der Waals surface area contributed by atoms with Crippen LogP contribution in [0.5, 0.6) is 0 Å². The average Bonchev–Trinajstić information content (AvgIpc) is 1.73. The normalized spacial score (nSPS) is 17.6. The van der Waals surface area contributed by atoms with E-state index in [2.05, 4.69) is 5.32 Å². The molecular formula is C12H27NO2. The van der Waals surface area contributed by atoms with Crippen LogP contribution in [0.1, 0.15) is 55.4 Å². The van der Waals surface area contributed by atoms with Crippen molar-refractivity contribution >= 4 is 0 Å². The van der Waals surface area contributed by atoms with Crippen LogP contribution in [-0.4, -0.2) is 23.7 Å². The van der Waals surface area contributed by atoms with Crippen molar-refractivity contribution in [2.75, 3.05) is 0 Å². The highest BCUT2D eigenvalue weighted by molar-refractivity contribution is 4.65. The van der Waals surface area contributed by atoms with Gasteiger partial charge in [-0.05, 0) is 55.4 Å². The SMILES string of the molecule is CC(NC(C)OC(C)(C)C)OC(C)(C)C. The number of hydrogen-bond acceptors (Lipinski definition) is 3. The second-order valence-electron chi connectivity index (χ2n) is 5.91. The van der Waals surface area contributed by atoms with E-state index in [9.17, 15) is 0 Å². The van der Waals surface area contributed by atoms with Crippen molar-refractivity contribution in [3.63, 3.8) is 0 Å². The Morgan fingerprint density at radius 1 is 0.733 bits per heavy atom. The van der Waals surface area contributed by atoms with Crippen LogP contribution >= 0.6 is 0 Å². The Bertz CT molecular complexity index is 159. The summed E-state index contributed by atoms with van der Waals surface area (Å²) in [6.07, 6.45) is -0.0234. The molecule has 0 aromatic rings. The first-order chi connectivity index (χ1) is 6.49. The first-order valence-electron chi connectivity index (χ1n) is 5.61. The molecule has 0 saturated heterocycles. The van der Waals surface area contributed by atoms with Gasteiger partial charge in [0.15, 0.2) is 0 Å². The summed E-state index contributed by atoms with van der Waals surface area (Å²) >= 11 is 0. The standard InChI is InChI=1S/C12H27NO2/c1-9(14-11(3,4)5)13-10(2)15-12(6,7)8/h9-10,13H,1-8H3. The second kappa shape index (κ2) is 5.28. The molecule has 3 heteroatoms. The highest BCUT2D eigenvalue weighted by atomic mass is 16.5. The lowest BCUT2D eigenvalue weighted by Crippen LogP contribution is -2.44. The van der Waals surface area contributed by atoms with Gasteiger partial charge in [0.25, 0.3) is 0 Å². The predicted octanol–water partition coefficient (Wildman–Crippen LogP) is 2.90. The Hall–Kier alpha value is -0.120. The predicted molar refractivity (Wildman–Crippen MR) is 63.7 cm³/mol. The summed E-state index contributed by atoms with van der Waals surface area (Å²) in [5.41, 5.74) is -0.262. The molecule has 2 atom stereocenters. The third-order valence-corrected chi connectivity index (χ3v) is 1.53. The van der Waals surface area contributed by atoms with Crippen LogP contribution in [0.3, 0.4) is 0 Å². The lowest BCUT2D eigenvalue weighted by Gasteiger charge is -2.31. The highest BCUT2D eigenvalue weighted by Crippen LogP contribution is 2.12. The minimum absolute atomic E-state index is 0.0117. The van der Waals surface area contributed by atoms with E-state index in [1.165, 1.54) is 0 Å². The van der Waals surface area contributed by atoms with E-state index in [1.54, 1.807) is 0 Å². The van der Waals surface area contributed by atoms with E-state index < -0.39 is 0 Å². The number of nitrogens with one attached hydrogen (secondary N) is 1. The first kappa shape index (κ1) is 14.9. The summed E-state index contributed by atoms with van der Waals surface area (Å²) < 4.78 is 11.5. The maximum Gasteiger partial charge on any atom is 0.107 e. The number of rotatable bonds is 4. The fourth-order valence-corrected chi connectivity index (χ4v) is 1.46. The molecule has 0 rings (SSSR count). The van der Waals surface area contributed by atoms with Crippen LogP contribution < -0.4 is 5.32 Å². The third kappa shape index (κ3) is 10.2. The molecule has 0 fully saturated rings. The molecule has 0 aliphatic carbocycles. The topological polar surface area (TPSA) is 30.5 Å². The van der Waals surface area contributed by atoms with Gasteiger partial charge in [0, 0.05) is 0 Å². The molecule has 0 aromatic carbocycles. The van der Waals surface area contributed by atoms with E-state index in [0.717, 1.165) is 0 Å². The van der Waals surface area contributed by atoms with Gasteiger partial charge in [-0.15, -0.1) is 0 Å². The van der Waals surface area contributed by atoms with Crippen molar-refractivity contribution in [1.29, 1.82) is 0 Å². The number of ether oxygens (including phenoxy) is 2. The van der Waals surface area contributed by atoms with Gasteiger partial charge in [0.1, 0.15) is 12.5 Å². The Balaban J connectivity index is 3.92. The highest BCUT2D eigenvalue weighted by Gasteiger charge is 2.19. The number of hydrogen-bond donors (Lipinski definition) is 1. The van der Waals surface area contributed by atoms with Gasteiger partial charge in [0.2, 0.25) is 0 Å². The van der Waals surface area contributed by atoms with Crippen LogP contribution in [0.15, 0.2) is 0 Å². The van der Waals surface area contributed by atoms with Gasteiger partial charge in [-0.2, -0.15) is 0 Å². The molecule has 0 aliphatic rings. The van der Waals surface area contributed by atoms with Gasteiger partial charge in [0.05, 0.1) is 11.2 Å². The van der Waals surface area contributed by atoms with E-state index in [-0.39, 0.29) is 23.7 Å². The smallest absolute Gasteiger partial charge is 0.107 e. The minimum Gasteiger partial charge on any atom is -0.358 e. The van der Waals surface area contributed by atoms with Gasteiger partial charge in [-0.3, -0.25) is 5.32 Å². The molecule has 0 heterocycles. The van der Waals surface area contributed by atoms with Crippen LogP contribution in [0.25, 0.3) is 0 Å². The molecule has 0 saturated carbocycles. The molecule has 3 nitrogen and oxygen atoms in total. The summed E-state index contributed by atoms with van der Waals surface area (Å²) in [5.74, 6) is 0. The van der Waals surface area contributed by atoms with Gasteiger partial charge in [-0.25, -0.2) is 0 Å². The van der Waals surface area contributed by atoms with Crippen LogP contribution in [0.2, 0.25) is 0 Å². The lowest BCUT2D eigenvalue weighted by atomic mass is 10.2. The molecule has 15 heavy (non-hydrogen) atoms. The van der Waals surface area contributed by atoms with Crippen molar-refractivity contribution in [2.45, 2.75) is 79.0 Å². The van der Waals surface area contributed by atoms with E-state index in [0.29, 0.717) is 0 Å². The van der Waals surface area contributed by atoms with Crippen molar-refractivity contribution in [3.8, 4) is 0 Å². The summed E-state index contributed by atoms with van der Waals surface area (Å²) in [6, 6.07) is 0. The molecule has 0 aromatic heterocycles. The Labute approximate surface area is 94.5 Å². The van der Waals surface area contributed by atoms with Crippen molar-refractivity contribution in [2.24, 2.45) is 0 Å². The van der Waals surface area contributed by atoms with Crippen LogP contribution in [0.4, 0.5) is 0 Å².